The molecule has 0 bridgehead atoms. The predicted molar refractivity (Wildman–Crippen MR) is 113 cm³/mol. The Bertz CT molecular complexity index is 537. The lowest BCUT2D eigenvalue weighted by molar-refractivity contribution is -0.116. The summed E-state index contributed by atoms with van der Waals surface area (Å²) in [7, 11) is 0. The average Bonchev–Trinajstić information content (AvgIpc) is 2.50. The summed E-state index contributed by atoms with van der Waals surface area (Å²) in [6, 6.07) is 5.52. The van der Waals surface area contributed by atoms with Gasteiger partial charge in [0.1, 0.15) is 0 Å². The van der Waals surface area contributed by atoms with E-state index in [1.165, 1.54) is 19.3 Å². The van der Waals surface area contributed by atoms with E-state index in [4.69, 9.17) is 17.3 Å². The number of hydrogen-bond acceptors (Lipinski definition) is 2. The summed E-state index contributed by atoms with van der Waals surface area (Å²) in [5.41, 5.74) is 7.43. The highest BCUT2D eigenvalue weighted by atomic mass is 127. The second-order valence-corrected chi connectivity index (χ2v) is 5.94. The highest BCUT2D eigenvalue weighted by molar-refractivity contribution is 14.0. The van der Waals surface area contributed by atoms with Crippen molar-refractivity contribution in [1.29, 1.82) is 0 Å². The van der Waals surface area contributed by atoms with Crippen LogP contribution in [0, 0.1) is 6.92 Å². The molecule has 1 rings (SSSR count). The second kappa shape index (κ2) is 13.3. The maximum atomic E-state index is 11.9. The Morgan fingerprint density at radius 2 is 2.04 bits per heavy atom. The summed E-state index contributed by atoms with van der Waals surface area (Å²) < 4.78 is 0. The molecular formula is C17H28ClIN4O. The molecule has 0 radical (unpaired) electrons. The molecule has 0 aliphatic rings. The number of guanidine groups is 1. The summed E-state index contributed by atoms with van der Waals surface area (Å²) in [5, 5.41) is 6.27. The van der Waals surface area contributed by atoms with Crippen molar-refractivity contribution < 1.29 is 4.79 Å². The minimum absolute atomic E-state index is 0. The molecular weight excluding hydrogens is 439 g/mol. The van der Waals surface area contributed by atoms with Crippen molar-refractivity contribution in [3.05, 3.63) is 28.8 Å². The van der Waals surface area contributed by atoms with Crippen LogP contribution in [0.4, 0.5) is 5.69 Å². The fourth-order valence-corrected chi connectivity index (χ4v) is 2.31. The van der Waals surface area contributed by atoms with E-state index in [1.807, 2.05) is 19.1 Å². The van der Waals surface area contributed by atoms with Gasteiger partial charge in [0.05, 0.1) is 10.7 Å². The van der Waals surface area contributed by atoms with Gasteiger partial charge in [0.25, 0.3) is 0 Å². The fraction of sp³-hybridized carbons (Fsp3) is 0.529. The average molecular weight is 467 g/mol. The normalized spacial score (nSPS) is 10.9. The third-order valence-corrected chi connectivity index (χ3v) is 3.66. The summed E-state index contributed by atoms with van der Waals surface area (Å²) in [5.74, 6) is 0.279. The maximum absolute atomic E-state index is 11.9. The number of aliphatic imine (C=N–C) groups is 1. The third kappa shape index (κ3) is 9.97. The Hall–Kier alpha value is -1.02. The summed E-state index contributed by atoms with van der Waals surface area (Å²) in [4.78, 5) is 16.1. The molecule has 0 fully saturated rings. The number of halogens is 2. The van der Waals surface area contributed by atoms with Gasteiger partial charge in [-0.2, -0.15) is 0 Å². The Morgan fingerprint density at radius 1 is 1.29 bits per heavy atom. The smallest absolute Gasteiger partial charge is 0.226 e. The number of nitrogens with zero attached hydrogens (tertiary/aromatic N) is 1. The van der Waals surface area contributed by atoms with Crippen LogP contribution >= 0.6 is 35.6 Å². The molecule has 7 heteroatoms. The molecule has 136 valence electrons. The second-order valence-electron chi connectivity index (χ2n) is 5.54. The van der Waals surface area contributed by atoms with Crippen LogP contribution in [0.25, 0.3) is 0 Å². The van der Waals surface area contributed by atoms with E-state index < -0.39 is 0 Å². The maximum Gasteiger partial charge on any atom is 0.226 e. The number of benzene rings is 1. The Labute approximate surface area is 166 Å². The van der Waals surface area contributed by atoms with Gasteiger partial charge in [0.2, 0.25) is 5.91 Å². The van der Waals surface area contributed by atoms with Crippen LogP contribution in [-0.4, -0.2) is 25.0 Å². The molecule has 1 amide bonds. The molecule has 1 aromatic rings. The summed E-state index contributed by atoms with van der Waals surface area (Å²) in [6.45, 7) is 5.30. The number of carbonyl (C=O) groups is 1. The van der Waals surface area contributed by atoms with Gasteiger partial charge in [-0.15, -0.1) is 24.0 Å². The van der Waals surface area contributed by atoms with Crippen molar-refractivity contribution in [2.75, 3.05) is 18.4 Å². The fourth-order valence-electron chi connectivity index (χ4n) is 2.03. The number of anilines is 1. The van der Waals surface area contributed by atoms with Gasteiger partial charge in [-0.1, -0.05) is 43.9 Å². The summed E-state index contributed by atoms with van der Waals surface area (Å²) >= 11 is 6.08. The van der Waals surface area contributed by atoms with Crippen LogP contribution in [0.15, 0.2) is 23.2 Å². The number of nitrogens with one attached hydrogen (secondary N) is 2. The largest absolute Gasteiger partial charge is 0.370 e. The first-order valence-corrected chi connectivity index (χ1v) is 8.50. The topological polar surface area (TPSA) is 79.5 Å². The Morgan fingerprint density at radius 3 is 2.71 bits per heavy atom. The van der Waals surface area contributed by atoms with Gasteiger partial charge in [-0.3, -0.25) is 9.79 Å². The van der Waals surface area contributed by atoms with E-state index in [0.717, 1.165) is 18.5 Å². The van der Waals surface area contributed by atoms with Gasteiger partial charge in [0, 0.05) is 19.5 Å². The standard InChI is InChI=1S/C17H27ClN4O.HI/c1-3-4-5-6-10-20-17(19)21-11-9-16(23)22-15-8-7-13(2)12-14(15)18;/h7-8,12H,3-6,9-11H2,1-2H3,(H,22,23)(H3,19,20,21);1H. The van der Waals surface area contributed by atoms with Crippen molar-refractivity contribution in [2.24, 2.45) is 10.7 Å². The van der Waals surface area contributed by atoms with Crippen LogP contribution in [0.1, 0.15) is 44.6 Å². The van der Waals surface area contributed by atoms with Gasteiger partial charge in [-0.05, 0) is 31.0 Å². The molecule has 24 heavy (non-hydrogen) atoms. The quantitative estimate of drug-likeness (QED) is 0.222. The zero-order valence-corrected chi connectivity index (χ0v) is 17.5. The van der Waals surface area contributed by atoms with E-state index in [-0.39, 0.29) is 29.9 Å². The first-order valence-electron chi connectivity index (χ1n) is 8.12. The van der Waals surface area contributed by atoms with Gasteiger partial charge >= 0.3 is 0 Å². The molecule has 0 aliphatic heterocycles. The molecule has 0 aliphatic carbocycles. The van der Waals surface area contributed by atoms with Gasteiger partial charge in [-0.25, -0.2) is 0 Å². The minimum atomic E-state index is -0.112. The monoisotopic (exact) mass is 466 g/mol. The molecule has 1 aromatic carbocycles. The third-order valence-electron chi connectivity index (χ3n) is 3.35. The highest BCUT2D eigenvalue weighted by Gasteiger charge is 2.06. The van der Waals surface area contributed by atoms with Crippen molar-refractivity contribution in [3.8, 4) is 0 Å². The van der Waals surface area contributed by atoms with E-state index >= 15 is 0 Å². The first kappa shape index (κ1) is 23.0. The van der Waals surface area contributed by atoms with Crippen molar-refractivity contribution in [3.63, 3.8) is 0 Å². The number of amides is 1. The number of unbranched alkanes of at least 4 members (excludes halogenated alkanes) is 3. The van der Waals surface area contributed by atoms with Crippen LogP contribution < -0.4 is 16.4 Å². The highest BCUT2D eigenvalue weighted by Crippen LogP contribution is 2.22. The van der Waals surface area contributed by atoms with Gasteiger partial charge in [0.15, 0.2) is 5.96 Å². The number of nitrogens with two attached hydrogens (primary N) is 1. The molecule has 0 saturated carbocycles. The summed E-state index contributed by atoms with van der Waals surface area (Å²) in [6.07, 6.45) is 4.95. The zero-order chi connectivity index (χ0) is 17.1. The van der Waals surface area contributed by atoms with Crippen LogP contribution in [0.2, 0.25) is 5.02 Å². The lowest BCUT2D eigenvalue weighted by Gasteiger charge is -2.09. The molecule has 4 N–H and O–H groups in total. The Balaban J connectivity index is 0.00000529. The van der Waals surface area contributed by atoms with Gasteiger partial charge < -0.3 is 16.4 Å². The van der Waals surface area contributed by atoms with E-state index in [1.54, 1.807) is 6.07 Å². The zero-order valence-electron chi connectivity index (χ0n) is 14.4. The molecule has 0 aromatic heterocycles. The van der Waals surface area contributed by atoms with Crippen LogP contribution in [0.5, 0.6) is 0 Å². The van der Waals surface area contributed by atoms with E-state index in [9.17, 15) is 4.79 Å². The minimum Gasteiger partial charge on any atom is -0.370 e. The van der Waals surface area contributed by atoms with E-state index in [2.05, 4.69) is 22.5 Å². The molecule has 0 heterocycles. The molecule has 0 saturated heterocycles. The van der Waals surface area contributed by atoms with Crippen molar-refractivity contribution in [2.45, 2.75) is 46.0 Å². The van der Waals surface area contributed by atoms with Crippen molar-refractivity contribution in [1.82, 2.24) is 5.32 Å². The van der Waals surface area contributed by atoms with Crippen LogP contribution in [0.3, 0.4) is 0 Å². The molecule has 0 unspecified atom stereocenters. The molecule has 0 spiro atoms. The van der Waals surface area contributed by atoms with Crippen molar-refractivity contribution >= 4 is 53.1 Å². The Kier molecular flexibility index (Phi) is 12.7. The number of aryl methyl sites for hydroxylation is 1. The molecule has 5 nitrogen and oxygen atoms in total. The number of carbonyl (C=O) groups excluding carboxylic acids is 1. The first-order chi connectivity index (χ1) is 11.0. The number of rotatable bonds is 9. The lowest BCUT2D eigenvalue weighted by atomic mass is 10.2. The number of hydrogen-bond donors (Lipinski definition) is 3. The predicted octanol–water partition coefficient (Wildman–Crippen LogP) is 4.08. The lowest BCUT2D eigenvalue weighted by Crippen LogP contribution is -2.34. The SMILES string of the molecule is CCCCCCN=C(N)NCCC(=O)Nc1ccc(C)cc1Cl.I. The molecule has 0 atom stereocenters. The van der Waals surface area contributed by atoms with E-state index in [0.29, 0.717) is 29.6 Å². The van der Waals surface area contributed by atoms with Crippen LogP contribution in [-0.2, 0) is 4.79 Å².